The largest absolute Gasteiger partial charge is 0.383 e. The maximum Gasteiger partial charge on any atom is 0.244 e. The second-order valence-electron chi connectivity index (χ2n) is 4.65. The van der Waals surface area contributed by atoms with Crippen LogP contribution in [0.2, 0.25) is 0 Å². The van der Waals surface area contributed by atoms with Gasteiger partial charge in [0.2, 0.25) is 10.0 Å². The van der Waals surface area contributed by atoms with Crippen molar-refractivity contribution in [3.63, 3.8) is 0 Å². The smallest absolute Gasteiger partial charge is 0.244 e. The van der Waals surface area contributed by atoms with E-state index in [1.165, 1.54) is 7.11 Å². The molecule has 1 aromatic heterocycles. The van der Waals surface area contributed by atoms with Gasteiger partial charge in [-0.15, -0.1) is 0 Å². The van der Waals surface area contributed by atoms with E-state index in [1.54, 1.807) is 17.8 Å². The van der Waals surface area contributed by atoms with Crippen molar-refractivity contribution in [3.8, 4) is 0 Å². The number of hydrogen-bond acceptors (Lipinski definition) is 4. The zero-order valence-electron chi connectivity index (χ0n) is 12.1. The molecule has 0 amide bonds. The van der Waals surface area contributed by atoms with Crippen LogP contribution in [0.25, 0.3) is 0 Å². The number of aryl methyl sites for hydroxylation is 1. The first-order valence-corrected chi connectivity index (χ1v) is 8.08. The van der Waals surface area contributed by atoms with Crippen molar-refractivity contribution >= 4 is 10.0 Å². The highest BCUT2D eigenvalue weighted by atomic mass is 32.2. The van der Waals surface area contributed by atoms with E-state index in [1.807, 2.05) is 30.3 Å². The summed E-state index contributed by atoms with van der Waals surface area (Å²) in [5.74, 6) is 0. The molecule has 0 fully saturated rings. The predicted octanol–water partition coefficient (Wildman–Crippen LogP) is 1.16. The van der Waals surface area contributed by atoms with E-state index < -0.39 is 10.0 Å². The van der Waals surface area contributed by atoms with Gasteiger partial charge in [-0.1, -0.05) is 30.3 Å². The van der Waals surface area contributed by atoms with E-state index in [2.05, 4.69) is 9.82 Å². The van der Waals surface area contributed by atoms with Crippen molar-refractivity contribution in [2.75, 3.05) is 20.3 Å². The first-order chi connectivity index (χ1) is 10.0. The number of aromatic nitrogens is 2. The van der Waals surface area contributed by atoms with Gasteiger partial charge < -0.3 is 4.74 Å². The molecule has 6 nitrogen and oxygen atoms in total. The van der Waals surface area contributed by atoms with Gasteiger partial charge in [-0.3, -0.25) is 4.68 Å². The summed E-state index contributed by atoms with van der Waals surface area (Å²) in [7, 11) is -2.02. The van der Waals surface area contributed by atoms with E-state index in [-0.39, 0.29) is 11.4 Å². The lowest BCUT2D eigenvalue weighted by atomic mass is 10.2. The van der Waals surface area contributed by atoms with Gasteiger partial charge in [-0.2, -0.15) is 5.10 Å². The van der Waals surface area contributed by atoms with Crippen LogP contribution in [-0.4, -0.2) is 38.5 Å². The Balaban J connectivity index is 2.15. The number of benzene rings is 1. The summed E-state index contributed by atoms with van der Waals surface area (Å²) in [6.45, 7) is 2.79. The second kappa shape index (κ2) is 6.84. The third kappa shape index (κ3) is 4.13. The highest BCUT2D eigenvalue weighted by Gasteiger charge is 2.19. The first kappa shape index (κ1) is 15.7. The number of sulfonamides is 1. The molecule has 0 radical (unpaired) electrons. The number of ether oxygens (including phenoxy) is 1. The number of methoxy groups -OCH3 is 1. The number of nitrogens with one attached hydrogen (secondary N) is 1. The Morgan fingerprint density at radius 2 is 2.00 bits per heavy atom. The Bertz CT molecular complexity index is 681. The van der Waals surface area contributed by atoms with E-state index in [4.69, 9.17) is 4.74 Å². The topological polar surface area (TPSA) is 73.2 Å². The molecule has 0 aliphatic rings. The lowest BCUT2D eigenvalue weighted by molar-refractivity contribution is 0.204. The minimum absolute atomic E-state index is 0.203. The maximum absolute atomic E-state index is 12.2. The second-order valence-corrected chi connectivity index (χ2v) is 6.39. The van der Waals surface area contributed by atoms with Crippen molar-refractivity contribution in [2.45, 2.75) is 18.4 Å². The Hall–Kier alpha value is -1.70. The van der Waals surface area contributed by atoms with Gasteiger partial charge in [0.05, 0.1) is 18.8 Å². The van der Waals surface area contributed by atoms with Crippen LogP contribution >= 0.6 is 0 Å². The Labute approximate surface area is 124 Å². The molecule has 1 N–H and O–H groups in total. The summed E-state index contributed by atoms with van der Waals surface area (Å²) in [4.78, 5) is 0.203. The molecule has 0 bridgehead atoms. The van der Waals surface area contributed by atoms with E-state index in [0.29, 0.717) is 18.8 Å². The van der Waals surface area contributed by atoms with Crippen LogP contribution in [0, 0.1) is 6.92 Å². The third-order valence-corrected chi connectivity index (χ3v) is 4.54. The third-order valence-electron chi connectivity index (χ3n) is 2.98. The van der Waals surface area contributed by atoms with Gasteiger partial charge in [-0.25, -0.2) is 13.1 Å². The molecule has 0 saturated carbocycles. The average Bonchev–Trinajstić information content (AvgIpc) is 2.82. The molecule has 0 aliphatic carbocycles. The van der Waals surface area contributed by atoms with Gasteiger partial charge in [0.1, 0.15) is 4.90 Å². The molecule has 1 aromatic carbocycles. The van der Waals surface area contributed by atoms with E-state index in [0.717, 1.165) is 5.56 Å². The minimum Gasteiger partial charge on any atom is -0.383 e. The molecule has 1 heterocycles. The monoisotopic (exact) mass is 309 g/mol. The number of hydrogen-bond donors (Lipinski definition) is 1. The molecule has 114 valence electrons. The van der Waals surface area contributed by atoms with Gasteiger partial charge in [0.25, 0.3) is 0 Å². The van der Waals surface area contributed by atoms with Crippen LogP contribution in [0.3, 0.4) is 0 Å². The lowest BCUT2D eigenvalue weighted by Gasteiger charge is -2.04. The molecule has 21 heavy (non-hydrogen) atoms. The summed E-state index contributed by atoms with van der Waals surface area (Å²) in [6, 6.07) is 9.77. The molecule has 0 spiro atoms. The van der Waals surface area contributed by atoms with E-state index in [9.17, 15) is 8.42 Å². The quantitative estimate of drug-likeness (QED) is 0.779. The fourth-order valence-corrected chi connectivity index (χ4v) is 3.17. The Morgan fingerprint density at radius 3 is 2.67 bits per heavy atom. The van der Waals surface area contributed by atoms with Crippen LogP contribution in [-0.2, 0) is 21.3 Å². The Kier molecular flexibility index (Phi) is 5.11. The molecule has 0 unspecified atom stereocenters. The molecule has 7 heteroatoms. The van der Waals surface area contributed by atoms with Crippen LogP contribution in [0.5, 0.6) is 0 Å². The van der Waals surface area contributed by atoms with Crippen molar-refractivity contribution in [3.05, 3.63) is 47.8 Å². The minimum atomic E-state index is -3.55. The van der Waals surface area contributed by atoms with Gasteiger partial charge in [0.15, 0.2) is 0 Å². The van der Waals surface area contributed by atoms with Crippen molar-refractivity contribution < 1.29 is 13.2 Å². The molecular weight excluding hydrogens is 290 g/mol. The predicted molar refractivity (Wildman–Crippen MR) is 79.6 cm³/mol. The fourth-order valence-electron chi connectivity index (χ4n) is 1.97. The van der Waals surface area contributed by atoms with Crippen molar-refractivity contribution in [2.24, 2.45) is 0 Å². The molecule has 0 aliphatic heterocycles. The summed E-state index contributed by atoms with van der Waals surface area (Å²) in [5, 5.41) is 4.27. The van der Waals surface area contributed by atoms with E-state index >= 15 is 0 Å². The molecule has 2 aromatic rings. The summed E-state index contributed by atoms with van der Waals surface area (Å²) in [6.07, 6.45) is 1.55. The zero-order valence-corrected chi connectivity index (χ0v) is 12.9. The van der Waals surface area contributed by atoms with Crippen LogP contribution in [0.4, 0.5) is 0 Å². The Morgan fingerprint density at radius 1 is 1.29 bits per heavy atom. The number of rotatable bonds is 7. The lowest BCUT2D eigenvalue weighted by Crippen LogP contribution is -2.27. The normalized spacial score (nSPS) is 11.7. The molecule has 2 rings (SSSR count). The summed E-state index contributed by atoms with van der Waals surface area (Å²) >= 11 is 0. The van der Waals surface area contributed by atoms with Crippen LogP contribution in [0.1, 0.15) is 11.3 Å². The van der Waals surface area contributed by atoms with Crippen molar-refractivity contribution in [1.82, 2.24) is 14.5 Å². The zero-order chi connectivity index (χ0) is 15.3. The summed E-state index contributed by atoms with van der Waals surface area (Å²) < 4.78 is 33.3. The van der Waals surface area contributed by atoms with Gasteiger partial charge in [0, 0.05) is 19.9 Å². The number of nitrogens with zero attached hydrogens (tertiary/aromatic N) is 2. The fraction of sp³-hybridized carbons (Fsp3) is 0.357. The first-order valence-electron chi connectivity index (χ1n) is 6.59. The summed E-state index contributed by atoms with van der Waals surface area (Å²) in [5.41, 5.74) is 1.55. The molecule has 0 saturated heterocycles. The van der Waals surface area contributed by atoms with Crippen LogP contribution in [0.15, 0.2) is 41.4 Å². The maximum atomic E-state index is 12.2. The average molecular weight is 309 g/mol. The highest BCUT2D eigenvalue weighted by molar-refractivity contribution is 7.89. The standard InChI is InChI=1S/C14H19N3O3S/c1-12-14(21(18,19)15-8-9-20-2)11-17(16-12)10-13-6-4-3-5-7-13/h3-7,11,15H,8-10H2,1-2H3. The van der Waals surface area contributed by atoms with Gasteiger partial charge in [-0.05, 0) is 12.5 Å². The SMILES string of the molecule is COCCNS(=O)(=O)c1cn(Cc2ccccc2)nc1C. The molecule has 0 atom stereocenters. The molecular formula is C14H19N3O3S. The highest BCUT2D eigenvalue weighted by Crippen LogP contribution is 2.14. The van der Waals surface area contributed by atoms with Crippen LogP contribution < -0.4 is 4.72 Å². The van der Waals surface area contributed by atoms with Gasteiger partial charge >= 0.3 is 0 Å². The van der Waals surface area contributed by atoms with Crippen molar-refractivity contribution in [1.29, 1.82) is 0 Å².